The fourth-order valence-electron chi connectivity index (χ4n) is 1.97. The lowest BCUT2D eigenvalue weighted by Crippen LogP contribution is -2.41. The molecule has 0 aromatic carbocycles. The molecule has 0 bridgehead atoms. The Morgan fingerprint density at radius 1 is 1.69 bits per heavy atom. The Balaban J connectivity index is 2.56. The average Bonchev–Trinajstić information content (AvgIpc) is 2.75. The molecule has 0 aliphatic carbocycles. The second-order valence-electron chi connectivity index (χ2n) is 4.00. The number of nitrogens with zero attached hydrogens (tertiary/aromatic N) is 2. The molecule has 3 N–H and O–H groups in total. The zero-order chi connectivity index (χ0) is 12.1. The quantitative estimate of drug-likeness (QED) is 0.307. The van der Waals surface area contributed by atoms with Gasteiger partial charge in [-0.2, -0.15) is 0 Å². The van der Waals surface area contributed by atoms with Gasteiger partial charge in [-0.25, -0.2) is 0 Å². The second-order valence-corrected chi connectivity index (χ2v) is 4.00. The van der Waals surface area contributed by atoms with Crippen LogP contribution in [0.1, 0.15) is 19.8 Å². The lowest BCUT2D eigenvalue weighted by atomic mass is 9.98. The molecular weight excluding hydrogens is 210 g/mol. The maximum Gasteiger partial charge on any atom is 0.228 e. The molecule has 0 spiro atoms. The topological polar surface area (TPSA) is 88.2 Å². The Morgan fingerprint density at radius 3 is 2.94 bits per heavy atom. The van der Waals surface area contributed by atoms with E-state index in [-0.39, 0.29) is 30.3 Å². The van der Waals surface area contributed by atoms with Crippen molar-refractivity contribution in [2.45, 2.75) is 25.9 Å². The van der Waals surface area contributed by atoms with E-state index in [0.717, 1.165) is 12.8 Å². The van der Waals surface area contributed by atoms with E-state index >= 15 is 0 Å². The Bertz CT molecular complexity index is 280. The molecule has 1 aliphatic rings. The number of oxime groups is 1. The minimum absolute atomic E-state index is 0.00207. The van der Waals surface area contributed by atoms with Crippen LogP contribution in [0, 0.1) is 5.92 Å². The number of nitrogens with two attached hydrogens (primary N) is 1. The first-order valence-corrected chi connectivity index (χ1v) is 5.43. The van der Waals surface area contributed by atoms with Crippen molar-refractivity contribution in [3.8, 4) is 0 Å². The molecule has 0 saturated carbocycles. The number of hydrogen-bond acceptors (Lipinski definition) is 4. The van der Waals surface area contributed by atoms with Crippen molar-refractivity contribution in [1.82, 2.24) is 4.90 Å². The third-order valence-corrected chi connectivity index (χ3v) is 2.83. The number of carbonyl (C=O) groups is 1. The molecule has 92 valence electrons. The monoisotopic (exact) mass is 229 g/mol. The number of amidine groups is 1. The summed E-state index contributed by atoms with van der Waals surface area (Å²) in [5.41, 5.74) is 5.35. The van der Waals surface area contributed by atoms with Crippen molar-refractivity contribution in [3.63, 3.8) is 0 Å². The van der Waals surface area contributed by atoms with E-state index in [1.54, 1.807) is 7.05 Å². The van der Waals surface area contributed by atoms with Gasteiger partial charge in [-0.15, -0.1) is 0 Å². The lowest BCUT2D eigenvalue weighted by Gasteiger charge is -2.23. The average molecular weight is 229 g/mol. The van der Waals surface area contributed by atoms with Gasteiger partial charge in [0, 0.05) is 13.7 Å². The minimum Gasteiger partial charge on any atom is -0.409 e. The number of likely N-dealkylation sites (N-methyl/N-ethyl adjacent to an activating group) is 1. The van der Waals surface area contributed by atoms with Crippen LogP contribution in [-0.4, -0.2) is 48.2 Å². The molecule has 0 radical (unpaired) electrons. The lowest BCUT2D eigenvalue weighted by molar-refractivity contribution is -0.135. The van der Waals surface area contributed by atoms with Gasteiger partial charge in [0.05, 0.1) is 18.6 Å². The van der Waals surface area contributed by atoms with Crippen LogP contribution in [0.4, 0.5) is 0 Å². The Hall–Kier alpha value is -1.30. The largest absolute Gasteiger partial charge is 0.409 e. The third-order valence-electron chi connectivity index (χ3n) is 2.83. The van der Waals surface area contributed by atoms with Gasteiger partial charge in [-0.05, 0) is 12.8 Å². The molecule has 6 nitrogen and oxygen atoms in total. The van der Waals surface area contributed by atoms with Crippen LogP contribution in [0.5, 0.6) is 0 Å². The van der Waals surface area contributed by atoms with Crippen molar-refractivity contribution in [2.75, 3.05) is 20.2 Å². The van der Waals surface area contributed by atoms with Crippen LogP contribution in [0.25, 0.3) is 0 Å². The maximum atomic E-state index is 12.0. The number of carbonyl (C=O) groups excluding carboxylic acids is 1. The summed E-state index contributed by atoms with van der Waals surface area (Å²) in [6, 6.07) is 0. The molecular formula is C10H19N3O3. The van der Waals surface area contributed by atoms with Gasteiger partial charge >= 0.3 is 0 Å². The number of rotatable bonds is 4. The highest BCUT2D eigenvalue weighted by atomic mass is 16.5. The molecule has 1 fully saturated rings. The first-order chi connectivity index (χ1) is 7.60. The van der Waals surface area contributed by atoms with E-state index < -0.39 is 0 Å². The van der Waals surface area contributed by atoms with E-state index in [0.29, 0.717) is 6.61 Å². The molecule has 1 rings (SSSR count). The van der Waals surface area contributed by atoms with E-state index in [9.17, 15) is 4.79 Å². The summed E-state index contributed by atoms with van der Waals surface area (Å²) < 4.78 is 5.46. The summed E-state index contributed by atoms with van der Waals surface area (Å²) >= 11 is 0. The summed E-state index contributed by atoms with van der Waals surface area (Å²) in [6.07, 6.45) is 1.58. The van der Waals surface area contributed by atoms with Crippen LogP contribution < -0.4 is 5.73 Å². The first kappa shape index (κ1) is 12.8. The standard InChI is InChI=1S/C10H19N3O3/c1-3-8-7(4-5-16-8)10(14)13(2)6-9(11)12-15/h7-8,15H,3-6H2,1-2H3,(H2,11,12). The maximum absolute atomic E-state index is 12.0. The molecule has 16 heavy (non-hydrogen) atoms. The first-order valence-electron chi connectivity index (χ1n) is 5.43. The highest BCUT2D eigenvalue weighted by Gasteiger charge is 2.34. The molecule has 1 amide bonds. The van der Waals surface area contributed by atoms with Gasteiger partial charge in [0.25, 0.3) is 0 Å². The van der Waals surface area contributed by atoms with Crippen LogP contribution in [0.15, 0.2) is 5.16 Å². The predicted molar refractivity (Wildman–Crippen MR) is 59.2 cm³/mol. The van der Waals surface area contributed by atoms with Gasteiger partial charge in [0.2, 0.25) is 5.91 Å². The molecule has 2 unspecified atom stereocenters. The summed E-state index contributed by atoms with van der Waals surface area (Å²) in [7, 11) is 1.64. The highest BCUT2D eigenvalue weighted by Crippen LogP contribution is 2.24. The molecule has 0 aromatic heterocycles. The fraction of sp³-hybridized carbons (Fsp3) is 0.800. The van der Waals surface area contributed by atoms with Crippen molar-refractivity contribution in [2.24, 2.45) is 16.8 Å². The van der Waals surface area contributed by atoms with E-state index in [1.165, 1.54) is 4.90 Å². The van der Waals surface area contributed by atoms with Gasteiger partial charge in [-0.1, -0.05) is 12.1 Å². The molecule has 1 heterocycles. The number of ether oxygens (including phenoxy) is 1. The van der Waals surface area contributed by atoms with Crippen molar-refractivity contribution in [3.05, 3.63) is 0 Å². The van der Waals surface area contributed by atoms with Gasteiger partial charge < -0.3 is 20.6 Å². The van der Waals surface area contributed by atoms with Crippen molar-refractivity contribution >= 4 is 11.7 Å². The molecule has 1 saturated heterocycles. The Morgan fingerprint density at radius 2 is 2.38 bits per heavy atom. The van der Waals surface area contributed by atoms with Gasteiger partial charge in [0.1, 0.15) is 0 Å². The Kier molecular flexibility index (Phi) is 4.54. The van der Waals surface area contributed by atoms with Crippen LogP contribution in [-0.2, 0) is 9.53 Å². The zero-order valence-corrected chi connectivity index (χ0v) is 9.72. The van der Waals surface area contributed by atoms with E-state index in [4.69, 9.17) is 15.7 Å². The predicted octanol–water partition coefficient (Wildman–Crippen LogP) is 0.00630. The van der Waals surface area contributed by atoms with Gasteiger partial charge in [0.15, 0.2) is 5.84 Å². The normalized spacial score (nSPS) is 25.8. The van der Waals surface area contributed by atoms with Gasteiger partial charge in [-0.3, -0.25) is 4.79 Å². The molecule has 2 atom stereocenters. The molecule has 1 aliphatic heterocycles. The van der Waals surface area contributed by atoms with Crippen molar-refractivity contribution < 1.29 is 14.7 Å². The summed E-state index contributed by atoms with van der Waals surface area (Å²) in [5.74, 6) is -0.0692. The van der Waals surface area contributed by atoms with Crippen LogP contribution in [0.3, 0.4) is 0 Å². The minimum atomic E-state index is -0.0958. The van der Waals surface area contributed by atoms with Crippen LogP contribution in [0.2, 0.25) is 0 Å². The number of amides is 1. The zero-order valence-electron chi connectivity index (χ0n) is 9.72. The summed E-state index contributed by atoms with van der Waals surface area (Å²) in [6.45, 7) is 2.77. The smallest absolute Gasteiger partial charge is 0.228 e. The number of hydrogen-bond donors (Lipinski definition) is 2. The van der Waals surface area contributed by atoms with E-state index in [2.05, 4.69) is 5.16 Å². The third kappa shape index (κ3) is 2.85. The van der Waals surface area contributed by atoms with Crippen LogP contribution >= 0.6 is 0 Å². The summed E-state index contributed by atoms with van der Waals surface area (Å²) in [5, 5.41) is 11.3. The highest BCUT2D eigenvalue weighted by molar-refractivity contribution is 5.87. The van der Waals surface area contributed by atoms with E-state index in [1.807, 2.05) is 6.92 Å². The fourth-order valence-corrected chi connectivity index (χ4v) is 1.97. The molecule has 6 heteroatoms. The Labute approximate surface area is 95.0 Å². The molecule has 0 aromatic rings. The SMILES string of the molecule is CCC1OCCC1C(=O)N(C)CC(N)=NO. The second kappa shape index (κ2) is 5.69. The summed E-state index contributed by atoms with van der Waals surface area (Å²) in [4.78, 5) is 13.5. The van der Waals surface area contributed by atoms with Crippen molar-refractivity contribution in [1.29, 1.82) is 0 Å².